The molecule has 0 N–H and O–H groups in total. The van der Waals surface area contributed by atoms with Gasteiger partial charge < -0.3 is 4.74 Å². The lowest BCUT2D eigenvalue weighted by atomic mass is 9.73. The molecule has 1 unspecified atom stereocenters. The van der Waals surface area contributed by atoms with Crippen molar-refractivity contribution in [2.24, 2.45) is 0 Å². The third-order valence-corrected chi connectivity index (χ3v) is 10.2. The van der Waals surface area contributed by atoms with Crippen molar-refractivity contribution in [2.45, 2.75) is 25.4 Å². The lowest BCUT2D eigenvalue weighted by Crippen LogP contribution is -2.25. The van der Waals surface area contributed by atoms with Crippen molar-refractivity contribution in [3.63, 3.8) is 0 Å². The lowest BCUT2D eigenvalue weighted by Gasteiger charge is -2.36. The van der Waals surface area contributed by atoms with E-state index in [4.69, 9.17) is 14.7 Å². The van der Waals surface area contributed by atoms with Crippen molar-refractivity contribution < 1.29 is 9.13 Å². The molecule has 4 aromatic heterocycles. The second-order valence-corrected chi connectivity index (χ2v) is 13.1. The molecule has 5 nitrogen and oxygen atoms in total. The Morgan fingerprint density at radius 1 is 0.688 bits per heavy atom. The van der Waals surface area contributed by atoms with Gasteiger partial charge in [-0.1, -0.05) is 86.6 Å². The number of fused-ring (bicyclic) bond motifs is 12. The number of nitrogens with zero attached hydrogens (tertiary/aromatic N) is 4. The first-order valence-corrected chi connectivity index (χ1v) is 16.2. The molecule has 0 radical (unpaired) electrons. The van der Waals surface area contributed by atoms with Crippen LogP contribution in [0.2, 0.25) is 0 Å². The number of hydrogen-bond donors (Lipinski definition) is 0. The molecule has 1 aliphatic rings. The van der Waals surface area contributed by atoms with Gasteiger partial charge in [0.25, 0.3) is 0 Å². The molecule has 1 atom stereocenters. The van der Waals surface area contributed by atoms with Crippen LogP contribution in [0.15, 0.2) is 134 Å². The molecule has 0 fully saturated rings. The predicted molar refractivity (Wildman–Crippen MR) is 190 cm³/mol. The minimum Gasteiger partial charge on any atom is -0.456 e. The van der Waals surface area contributed by atoms with Crippen molar-refractivity contribution in [1.29, 1.82) is 0 Å². The van der Waals surface area contributed by atoms with Crippen LogP contribution in [0, 0.1) is 0 Å². The number of pyridine rings is 2. The van der Waals surface area contributed by atoms with Crippen LogP contribution in [-0.4, -0.2) is 18.9 Å². The summed E-state index contributed by atoms with van der Waals surface area (Å²) in [6.07, 6.45) is 4.08. The van der Waals surface area contributed by atoms with E-state index in [9.17, 15) is 0 Å². The van der Waals surface area contributed by atoms with E-state index in [1.165, 1.54) is 0 Å². The van der Waals surface area contributed by atoms with Gasteiger partial charge in [0.2, 0.25) is 0 Å². The maximum absolute atomic E-state index is 17.6. The molecule has 9 aromatic rings. The molecule has 48 heavy (non-hydrogen) atoms. The van der Waals surface area contributed by atoms with E-state index in [1.807, 2.05) is 85.1 Å². The van der Waals surface area contributed by atoms with E-state index in [2.05, 4.69) is 59.2 Å². The number of alkyl halides is 1. The van der Waals surface area contributed by atoms with Crippen molar-refractivity contribution in [3.05, 3.63) is 156 Å². The first kappa shape index (κ1) is 27.1. The van der Waals surface area contributed by atoms with Crippen LogP contribution in [-0.2, 0) is 5.41 Å². The van der Waals surface area contributed by atoms with Gasteiger partial charge in [-0.05, 0) is 53.4 Å². The summed E-state index contributed by atoms with van der Waals surface area (Å²) in [5.74, 6) is 2.10. The Morgan fingerprint density at radius 3 is 2.31 bits per heavy atom. The highest BCUT2D eigenvalue weighted by Gasteiger charge is 2.40. The second-order valence-electron chi connectivity index (χ2n) is 13.1. The molecule has 5 aromatic carbocycles. The van der Waals surface area contributed by atoms with Gasteiger partial charge in [-0.3, -0.25) is 8.97 Å². The van der Waals surface area contributed by atoms with E-state index in [0.29, 0.717) is 16.9 Å². The fourth-order valence-corrected chi connectivity index (χ4v) is 8.00. The summed E-state index contributed by atoms with van der Waals surface area (Å²) in [5.41, 5.74) is 6.37. The highest BCUT2D eigenvalue weighted by atomic mass is 19.1. The largest absolute Gasteiger partial charge is 0.456 e. The molecule has 0 saturated carbocycles. The first-order chi connectivity index (χ1) is 23.5. The Balaban J connectivity index is 1.30. The Kier molecular flexibility index (Phi) is 5.51. The monoisotopic (exact) mass is 624 g/mol. The second kappa shape index (κ2) is 9.75. The summed E-state index contributed by atoms with van der Waals surface area (Å²) in [6.45, 7) is 4.43. The van der Waals surface area contributed by atoms with Crippen LogP contribution < -0.4 is 4.74 Å². The number of ether oxygens (including phenoxy) is 1. The van der Waals surface area contributed by atoms with Gasteiger partial charge in [-0.15, -0.1) is 0 Å². The first-order valence-electron chi connectivity index (χ1n) is 16.2. The maximum Gasteiger partial charge on any atom is 0.154 e. The van der Waals surface area contributed by atoms with Gasteiger partial charge in [0.05, 0.1) is 16.6 Å². The zero-order valence-electron chi connectivity index (χ0n) is 26.4. The third kappa shape index (κ3) is 3.60. The predicted octanol–water partition coefficient (Wildman–Crippen LogP) is 10.6. The summed E-state index contributed by atoms with van der Waals surface area (Å²) in [7, 11) is 0. The topological polar surface area (TPSA) is 44.4 Å². The zero-order chi connectivity index (χ0) is 32.1. The molecule has 0 saturated heterocycles. The molecule has 5 heterocycles. The summed E-state index contributed by atoms with van der Waals surface area (Å²) in [4.78, 5) is 9.45. The summed E-state index contributed by atoms with van der Waals surface area (Å²) < 4.78 is 28.6. The zero-order valence-corrected chi connectivity index (χ0v) is 26.4. The van der Waals surface area contributed by atoms with Crippen LogP contribution in [0.4, 0.5) is 4.39 Å². The number of halogens is 1. The number of benzene rings is 5. The standard InChI is InChI=1S/C42H29FN4O/c1-42(2)31-13-5-8-16-35(31)48-40-30(24-34-37(38(40)42)28-12-4-7-15-33(28)47(34)36-17-9-10-20-44-36)39(43)25-18-19-26-27-11-3-6-14-32(27)46-22-21-45-41(46)29(26)23-25/h3-24,39H,1-2H3. The molecule has 10 rings (SSSR count). The van der Waals surface area contributed by atoms with E-state index in [0.717, 1.165) is 71.8 Å². The van der Waals surface area contributed by atoms with Gasteiger partial charge in [0.1, 0.15) is 23.0 Å². The van der Waals surface area contributed by atoms with Gasteiger partial charge in [-0.2, -0.15) is 0 Å². The third-order valence-electron chi connectivity index (χ3n) is 10.2. The van der Waals surface area contributed by atoms with E-state index in [-0.39, 0.29) is 0 Å². The Morgan fingerprint density at radius 2 is 1.46 bits per heavy atom. The fourth-order valence-electron chi connectivity index (χ4n) is 8.00. The van der Waals surface area contributed by atoms with Crippen molar-refractivity contribution in [2.75, 3.05) is 0 Å². The van der Waals surface area contributed by atoms with Gasteiger partial charge >= 0.3 is 0 Å². The maximum atomic E-state index is 17.6. The van der Waals surface area contributed by atoms with Crippen LogP contribution in [0.1, 0.15) is 42.3 Å². The lowest BCUT2D eigenvalue weighted by molar-refractivity contribution is 0.368. The molecule has 1 aliphatic heterocycles. The summed E-state index contributed by atoms with van der Waals surface area (Å²) in [6, 6.07) is 38.5. The molecule has 0 bridgehead atoms. The molecule has 0 amide bonds. The highest BCUT2D eigenvalue weighted by molar-refractivity contribution is 6.13. The average molecular weight is 625 g/mol. The SMILES string of the molecule is CC1(C)c2ccccc2Oc2c(C(F)c3ccc4c5ccccc5n5ccnc5c4c3)cc3c(c21)c1ccccc1n3-c1ccccn1. The Hall–Kier alpha value is -6.01. The molecule has 6 heteroatoms. The quantitative estimate of drug-likeness (QED) is 0.184. The smallest absolute Gasteiger partial charge is 0.154 e. The van der Waals surface area contributed by atoms with Crippen LogP contribution in [0.25, 0.3) is 54.9 Å². The van der Waals surface area contributed by atoms with Crippen molar-refractivity contribution in [1.82, 2.24) is 18.9 Å². The molecular formula is C42H29FN4O. The molecule has 0 spiro atoms. The number of aromatic nitrogens is 4. The number of hydrogen-bond acceptors (Lipinski definition) is 3. The molecular weight excluding hydrogens is 595 g/mol. The summed E-state index contributed by atoms with van der Waals surface area (Å²) >= 11 is 0. The van der Waals surface area contributed by atoms with Crippen molar-refractivity contribution in [3.8, 4) is 17.3 Å². The van der Waals surface area contributed by atoms with Crippen LogP contribution in [0.3, 0.4) is 0 Å². The van der Waals surface area contributed by atoms with E-state index < -0.39 is 11.6 Å². The Labute approximate surface area is 275 Å². The van der Waals surface area contributed by atoms with Gasteiger partial charge in [0, 0.05) is 62.2 Å². The average Bonchev–Trinajstić information content (AvgIpc) is 3.75. The number of imidazole rings is 1. The summed E-state index contributed by atoms with van der Waals surface area (Å²) in [5, 5.41) is 5.17. The highest BCUT2D eigenvalue weighted by Crippen LogP contribution is 2.55. The van der Waals surface area contributed by atoms with E-state index >= 15 is 4.39 Å². The minimum absolute atomic E-state index is 0.485. The van der Waals surface area contributed by atoms with Gasteiger partial charge in [0.15, 0.2) is 6.17 Å². The van der Waals surface area contributed by atoms with Crippen molar-refractivity contribution >= 4 is 49.1 Å². The van der Waals surface area contributed by atoms with Gasteiger partial charge in [-0.25, -0.2) is 14.4 Å². The van der Waals surface area contributed by atoms with Crippen LogP contribution in [0.5, 0.6) is 11.5 Å². The number of rotatable bonds is 3. The normalized spacial score (nSPS) is 14.4. The molecule has 0 aliphatic carbocycles. The minimum atomic E-state index is -1.48. The van der Waals surface area contributed by atoms with Crippen LogP contribution >= 0.6 is 0 Å². The fraction of sp³-hybridized carbons (Fsp3) is 0.0952. The Bertz CT molecular complexity index is 2760. The van der Waals surface area contributed by atoms with E-state index in [1.54, 1.807) is 12.4 Å². The number of para-hydroxylation sites is 3. The molecule has 230 valence electrons.